The van der Waals surface area contributed by atoms with Crippen molar-refractivity contribution in [2.75, 3.05) is 5.32 Å². The zero-order chi connectivity index (χ0) is 17.4. The molecule has 126 valence electrons. The van der Waals surface area contributed by atoms with Crippen molar-refractivity contribution >= 4 is 23.4 Å². The zero-order valence-electron chi connectivity index (χ0n) is 12.7. The van der Waals surface area contributed by atoms with Gasteiger partial charge in [0.15, 0.2) is 0 Å². The van der Waals surface area contributed by atoms with Crippen LogP contribution >= 0.6 is 11.8 Å². The molecule has 0 saturated carbocycles. The molecule has 1 aromatic carbocycles. The second-order valence-corrected chi connectivity index (χ2v) is 6.38. The highest BCUT2D eigenvalue weighted by molar-refractivity contribution is 7.98. The first-order chi connectivity index (χ1) is 12.0. The average molecular weight is 360 g/mol. The lowest BCUT2D eigenvalue weighted by molar-refractivity contribution is -0.137. The minimum Gasteiger partial charge on any atom is -0.324 e. The van der Waals surface area contributed by atoms with Crippen molar-refractivity contribution in [1.82, 2.24) is 15.0 Å². The molecule has 0 aliphatic carbocycles. The second kappa shape index (κ2) is 6.03. The Bertz CT molecular complexity index is 943. The summed E-state index contributed by atoms with van der Waals surface area (Å²) in [6, 6.07) is 8.71. The Balaban J connectivity index is 1.68. The van der Waals surface area contributed by atoms with Gasteiger partial charge in [0.2, 0.25) is 5.95 Å². The van der Waals surface area contributed by atoms with Crippen LogP contribution in [0.3, 0.4) is 0 Å². The largest absolute Gasteiger partial charge is 0.416 e. The Kier molecular flexibility index (Phi) is 3.84. The van der Waals surface area contributed by atoms with Gasteiger partial charge in [-0.3, -0.25) is 0 Å². The molecule has 0 spiro atoms. The van der Waals surface area contributed by atoms with E-state index in [2.05, 4.69) is 20.3 Å². The normalized spacial score (nSPS) is 13.1. The summed E-state index contributed by atoms with van der Waals surface area (Å²) in [4.78, 5) is 13.0. The number of nitrogens with one attached hydrogen (secondary N) is 1. The average Bonchev–Trinajstić information content (AvgIpc) is 2.61. The van der Waals surface area contributed by atoms with E-state index in [0.717, 1.165) is 34.0 Å². The van der Waals surface area contributed by atoms with Gasteiger partial charge >= 0.3 is 6.18 Å². The smallest absolute Gasteiger partial charge is 0.324 e. The van der Waals surface area contributed by atoms with Crippen molar-refractivity contribution in [2.45, 2.75) is 17.0 Å². The number of alkyl halides is 3. The summed E-state index contributed by atoms with van der Waals surface area (Å²) in [6.45, 7) is 0. The van der Waals surface area contributed by atoms with Crippen LogP contribution < -0.4 is 5.32 Å². The second-order valence-electron chi connectivity index (χ2n) is 5.42. The van der Waals surface area contributed by atoms with E-state index in [9.17, 15) is 13.2 Å². The van der Waals surface area contributed by atoms with Gasteiger partial charge in [-0.05, 0) is 30.3 Å². The highest BCUT2D eigenvalue weighted by atomic mass is 32.2. The van der Waals surface area contributed by atoms with Crippen molar-refractivity contribution in [3.05, 3.63) is 59.9 Å². The van der Waals surface area contributed by atoms with Crippen molar-refractivity contribution in [3.63, 3.8) is 0 Å². The number of benzene rings is 1. The van der Waals surface area contributed by atoms with Gasteiger partial charge in [0.25, 0.3) is 0 Å². The topological polar surface area (TPSA) is 50.7 Å². The number of halogens is 3. The number of fused-ring (bicyclic) bond motifs is 3. The lowest BCUT2D eigenvalue weighted by Gasteiger charge is -2.17. The van der Waals surface area contributed by atoms with Gasteiger partial charge in [-0.25, -0.2) is 15.0 Å². The van der Waals surface area contributed by atoms with Crippen LogP contribution in [-0.2, 0) is 11.9 Å². The molecule has 0 unspecified atom stereocenters. The summed E-state index contributed by atoms with van der Waals surface area (Å²) < 4.78 is 38.5. The molecule has 25 heavy (non-hydrogen) atoms. The third kappa shape index (κ3) is 3.17. The van der Waals surface area contributed by atoms with E-state index in [1.807, 2.05) is 12.1 Å². The van der Waals surface area contributed by atoms with E-state index in [1.54, 1.807) is 30.2 Å². The van der Waals surface area contributed by atoms with Gasteiger partial charge < -0.3 is 5.32 Å². The van der Waals surface area contributed by atoms with Crippen molar-refractivity contribution < 1.29 is 13.2 Å². The minimum absolute atomic E-state index is 0.250. The van der Waals surface area contributed by atoms with E-state index < -0.39 is 11.7 Å². The fourth-order valence-electron chi connectivity index (χ4n) is 2.54. The molecular formula is C17H11F3N4S. The van der Waals surface area contributed by atoms with Crippen molar-refractivity contribution in [3.8, 4) is 11.3 Å². The Morgan fingerprint density at radius 3 is 2.80 bits per heavy atom. The highest BCUT2D eigenvalue weighted by Gasteiger charge is 2.30. The predicted molar refractivity (Wildman–Crippen MR) is 89.6 cm³/mol. The van der Waals surface area contributed by atoms with Crippen molar-refractivity contribution in [1.29, 1.82) is 0 Å². The molecule has 3 aromatic rings. The predicted octanol–water partition coefficient (Wildman–Crippen LogP) is 4.91. The summed E-state index contributed by atoms with van der Waals surface area (Å²) in [5, 5.41) is 3.74. The number of pyridine rings is 1. The first kappa shape index (κ1) is 15.9. The lowest BCUT2D eigenvalue weighted by Crippen LogP contribution is -2.07. The molecule has 0 amide bonds. The quantitative estimate of drug-likeness (QED) is 0.704. The number of anilines is 2. The molecule has 4 rings (SSSR count). The van der Waals surface area contributed by atoms with Crippen LogP contribution in [0, 0.1) is 0 Å². The SMILES string of the molecule is FC(F)(F)c1cccc(Nc2ncc3c(n2)-c2cccnc2SC3)c1. The Morgan fingerprint density at radius 2 is 1.96 bits per heavy atom. The molecule has 0 saturated heterocycles. The maximum Gasteiger partial charge on any atom is 0.416 e. The van der Waals surface area contributed by atoms with Crippen molar-refractivity contribution in [2.24, 2.45) is 0 Å². The highest BCUT2D eigenvalue weighted by Crippen LogP contribution is 2.39. The Labute approximate surface area is 145 Å². The molecule has 0 fully saturated rings. The number of nitrogens with zero attached hydrogens (tertiary/aromatic N) is 3. The standard InChI is InChI=1S/C17H11F3N4S/c18-17(19,20)11-3-1-4-12(7-11)23-16-22-8-10-9-25-15-13(14(10)24-16)5-2-6-21-15/h1-8H,9H2,(H,22,23,24). The third-order valence-electron chi connectivity index (χ3n) is 3.70. The maximum absolute atomic E-state index is 12.8. The number of hydrogen-bond acceptors (Lipinski definition) is 5. The van der Waals surface area contributed by atoms with E-state index >= 15 is 0 Å². The summed E-state index contributed by atoms with van der Waals surface area (Å²) in [5.41, 5.74) is 2.20. The first-order valence-electron chi connectivity index (χ1n) is 7.39. The van der Waals surface area contributed by atoms with E-state index in [1.165, 1.54) is 6.07 Å². The molecule has 0 radical (unpaired) electrons. The van der Waals surface area contributed by atoms with Gasteiger partial charge in [-0.1, -0.05) is 6.07 Å². The molecule has 1 aliphatic heterocycles. The number of thioether (sulfide) groups is 1. The first-order valence-corrected chi connectivity index (χ1v) is 8.38. The summed E-state index contributed by atoms with van der Waals surface area (Å²) in [6.07, 6.45) is -0.975. The van der Waals surface area contributed by atoms with Gasteiger partial charge in [-0.2, -0.15) is 13.2 Å². The number of rotatable bonds is 2. The molecule has 3 heterocycles. The number of aromatic nitrogens is 3. The monoisotopic (exact) mass is 360 g/mol. The van der Waals surface area contributed by atoms with Crippen LogP contribution in [0.5, 0.6) is 0 Å². The van der Waals surface area contributed by atoms with Crippen LogP contribution in [0.4, 0.5) is 24.8 Å². The van der Waals surface area contributed by atoms with Gasteiger partial charge in [-0.15, -0.1) is 11.8 Å². The summed E-state index contributed by atoms with van der Waals surface area (Å²) >= 11 is 1.61. The summed E-state index contributed by atoms with van der Waals surface area (Å²) in [7, 11) is 0. The molecule has 4 nitrogen and oxygen atoms in total. The Morgan fingerprint density at radius 1 is 1.08 bits per heavy atom. The van der Waals surface area contributed by atoms with Gasteiger partial charge in [0.1, 0.15) is 5.03 Å². The van der Waals surface area contributed by atoms with Crippen LogP contribution in [-0.4, -0.2) is 15.0 Å². The van der Waals surface area contributed by atoms with Crippen LogP contribution in [0.15, 0.2) is 53.8 Å². The van der Waals surface area contributed by atoms with E-state index in [-0.39, 0.29) is 11.6 Å². The van der Waals surface area contributed by atoms with Crippen LogP contribution in [0.1, 0.15) is 11.1 Å². The third-order valence-corrected chi connectivity index (χ3v) is 4.76. The number of hydrogen-bond donors (Lipinski definition) is 1. The van der Waals surface area contributed by atoms with Crippen LogP contribution in [0.2, 0.25) is 0 Å². The molecular weight excluding hydrogens is 349 g/mol. The molecule has 8 heteroatoms. The molecule has 1 aliphatic rings. The molecule has 0 bridgehead atoms. The van der Waals surface area contributed by atoms with E-state index in [4.69, 9.17) is 0 Å². The molecule has 2 aromatic heterocycles. The molecule has 1 N–H and O–H groups in total. The fraction of sp³-hybridized carbons (Fsp3) is 0.118. The maximum atomic E-state index is 12.8. The minimum atomic E-state index is -4.39. The zero-order valence-corrected chi connectivity index (χ0v) is 13.5. The molecule has 0 atom stereocenters. The van der Waals surface area contributed by atoms with E-state index in [0.29, 0.717) is 5.75 Å². The van der Waals surface area contributed by atoms with Gasteiger partial charge in [0.05, 0.1) is 11.3 Å². The lowest BCUT2D eigenvalue weighted by atomic mass is 10.1. The Hall–Kier alpha value is -2.61. The van der Waals surface area contributed by atoms with Gasteiger partial charge in [0, 0.05) is 35.0 Å². The van der Waals surface area contributed by atoms with Crippen LogP contribution in [0.25, 0.3) is 11.3 Å². The summed E-state index contributed by atoms with van der Waals surface area (Å²) in [5.74, 6) is 0.961. The fourth-order valence-corrected chi connectivity index (χ4v) is 3.50.